The van der Waals surface area contributed by atoms with Crippen LogP contribution >= 0.6 is 11.3 Å². The average Bonchev–Trinajstić information content (AvgIpc) is 3.56. The van der Waals surface area contributed by atoms with Crippen molar-refractivity contribution < 1.29 is 28.5 Å². The molecule has 3 aromatic rings. The number of carbonyl (C=O) groups excluding carboxylic acids is 4. The third-order valence-electron chi connectivity index (χ3n) is 5.76. The van der Waals surface area contributed by atoms with Crippen LogP contribution in [-0.2, 0) is 14.3 Å². The molecule has 184 valence electrons. The predicted molar refractivity (Wildman–Crippen MR) is 124 cm³/mol. The number of rotatable bonds is 7. The Morgan fingerprint density at radius 1 is 1.20 bits per heavy atom. The zero-order chi connectivity index (χ0) is 24.9. The van der Waals surface area contributed by atoms with E-state index < -0.39 is 23.8 Å². The Morgan fingerprint density at radius 3 is 2.69 bits per heavy atom. The molecule has 1 unspecified atom stereocenters. The van der Waals surface area contributed by atoms with Crippen molar-refractivity contribution in [1.29, 1.82) is 0 Å². The number of piperidine rings is 1. The van der Waals surface area contributed by atoms with E-state index in [9.17, 15) is 19.2 Å². The summed E-state index contributed by atoms with van der Waals surface area (Å²) in [7, 11) is 1.22. The summed E-state index contributed by atoms with van der Waals surface area (Å²) in [6, 6.07) is 4.24. The van der Waals surface area contributed by atoms with Gasteiger partial charge in [-0.05, 0) is 48.3 Å². The number of fused-ring (bicyclic) bond motifs is 1. The van der Waals surface area contributed by atoms with Crippen LogP contribution in [0.3, 0.4) is 0 Å². The van der Waals surface area contributed by atoms with Crippen LogP contribution in [0.4, 0.5) is 0 Å². The van der Waals surface area contributed by atoms with Gasteiger partial charge >= 0.3 is 5.97 Å². The highest BCUT2D eigenvalue weighted by Gasteiger charge is 2.28. The highest BCUT2D eigenvalue weighted by atomic mass is 32.1. The quantitative estimate of drug-likeness (QED) is 0.454. The van der Waals surface area contributed by atoms with Gasteiger partial charge in [0.15, 0.2) is 0 Å². The lowest BCUT2D eigenvalue weighted by Gasteiger charge is -2.31. The Labute approximate surface area is 204 Å². The van der Waals surface area contributed by atoms with Crippen LogP contribution in [0.15, 0.2) is 28.2 Å². The fourth-order valence-electron chi connectivity index (χ4n) is 3.73. The second kappa shape index (κ2) is 10.6. The molecule has 12 nitrogen and oxygen atoms in total. The van der Waals surface area contributed by atoms with Gasteiger partial charge in [0.1, 0.15) is 29.3 Å². The number of amides is 3. The molecule has 3 heterocycles. The molecule has 0 spiro atoms. The molecule has 35 heavy (non-hydrogen) atoms. The molecule has 0 radical (unpaired) electrons. The number of nitrogens with one attached hydrogen (secondary N) is 2. The van der Waals surface area contributed by atoms with Crippen molar-refractivity contribution in [2.24, 2.45) is 0 Å². The number of thiazole rings is 1. The zero-order valence-corrected chi connectivity index (χ0v) is 20.0. The smallest absolute Gasteiger partial charge is 0.325 e. The Hall–Kier alpha value is -3.87. The first-order valence-electron chi connectivity index (χ1n) is 11.0. The van der Waals surface area contributed by atoms with Crippen LogP contribution in [0.1, 0.15) is 51.5 Å². The monoisotopic (exact) mass is 500 g/mol. The molecular formula is C22H24N6O6S. The Bertz CT molecular complexity index is 1250. The van der Waals surface area contributed by atoms with Gasteiger partial charge in [-0.1, -0.05) is 0 Å². The number of methoxy groups -OCH3 is 1. The van der Waals surface area contributed by atoms with Crippen LogP contribution in [0, 0.1) is 0 Å². The molecule has 1 aliphatic rings. The summed E-state index contributed by atoms with van der Waals surface area (Å²) < 4.78 is 9.15. The summed E-state index contributed by atoms with van der Waals surface area (Å²) >= 11 is 1.38. The Balaban J connectivity index is 1.29. The molecule has 2 N–H and O–H groups in total. The van der Waals surface area contributed by atoms with Gasteiger partial charge in [0.2, 0.25) is 5.91 Å². The molecule has 1 atom stereocenters. The van der Waals surface area contributed by atoms with Crippen molar-refractivity contribution >= 4 is 46.1 Å². The second-order valence-electron chi connectivity index (χ2n) is 8.09. The number of aromatic nitrogens is 3. The van der Waals surface area contributed by atoms with Gasteiger partial charge in [-0.3, -0.25) is 19.2 Å². The average molecular weight is 501 g/mol. The molecular weight excluding hydrogens is 476 g/mol. The number of nitrogens with zero attached hydrogens (tertiary/aromatic N) is 4. The number of likely N-dealkylation sites (tertiary alicyclic amines) is 1. The Morgan fingerprint density at radius 2 is 1.94 bits per heavy atom. The first kappa shape index (κ1) is 24.3. The van der Waals surface area contributed by atoms with E-state index in [0.29, 0.717) is 29.7 Å². The van der Waals surface area contributed by atoms with E-state index in [0.717, 1.165) is 17.8 Å². The summed E-state index contributed by atoms with van der Waals surface area (Å²) in [5.41, 5.74) is 1.89. The van der Waals surface area contributed by atoms with E-state index in [-0.39, 0.29) is 24.1 Å². The lowest BCUT2D eigenvalue weighted by molar-refractivity contribution is -0.141. The molecule has 1 aromatic carbocycles. The lowest BCUT2D eigenvalue weighted by Crippen LogP contribution is -2.46. The number of ether oxygens (including phenoxy) is 1. The summed E-state index contributed by atoms with van der Waals surface area (Å²) in [5.74, 6) is -1.50. The van der Waals surface area contributed by atoms with Gasteiger partial charge in [0, 0.05) is 30.0 Å². The molecule has 2 aromatic heterocycles. The van der Waals surface area contributed by atoms with Crippen LogP contribution in [0.2, 0.25) is 0 Å². The molecule has 0 aliphatic carbocycles. The Kier molecular flexibility index (Phi) is 7.34. The van der Waals surface area contributed by atoms with Crippen LogP contribution in [0.5, 0.6) is 0 Å². The summed E-state index contributed by atoms with van der Waals surface area (Å²) in [5, 5.41) is 15.0. The largest absolute Gasteiger partial charge is 0.468 e. The van der Waals surface area contributed by atoms with Crippen molar-refractivity contribution in [3.8, 4) is 0 Å². The van der Waals surface area contributed by atoms with Crippen molar-refractivity contribution in [3.63, 3.8) is 0 Å². The van der Waals surface area contributed by atoms with E-state index in [1.165, 1.54) is 25.4 Å². The molecule has 3 amide bonds. The number of benzene rings is 1. The van der Waals surface area contributed by atoms with E-state index in [1.807, 2.05) is 0 Å². The maximum absolute atomic E-state index is 12.9. The molecule has 4 rings (SSSR count). The summed E-state index contributed by atoms with van der Waals surface area (Å²) in [6.07, 6.45) is 1.45. The fourth-order valence-corrected chi connectivity index (χ4v) is 4.70. The molecule has 13 heteroatoms. The number of hydrogen-bond donors (Lipinski definition) is 2. The SMILES string of the molecule is COC(=O)CNC(=O)C(C)NC(=O)c1csc(C2CCN(C(=O)c3ccc4nonc4c3)CC2)n1. The number of esters is 1. The standard InChI is InChI=1S/C22H24N6O6S/c1-12(19(30)23-10-18(29)33-2)24-20(31)17-11-35-21(25-17)13-5-7-28(8-6-13)22(32)14-3-4-15-16(9-14)27-34-26-15/h3-4,9,11-13H,5-8,10H2,1-2H3,(H,23,30)(H,24,31). The van der Waals surface area contributed by atoms with Crippen molar-refractivity contribution in [3.05, 3.63) is 39.8 Å². The summed E-state index contributed by atoms with van der Waals surface area (Å²) in [4.78, 5) is 54.8. The van der Waals surface area contributed by atoms with Crippen LogP contribution in [0.25, 0.3) is 11.0 Å². The topological polar surface area (TPSA) is 157 Å². The van der Waals surface area contributed by atoms with Crippen LogP contribution < -0.4 is 10.6 Å². The van der Waals surface area contributed by atoms with E-state index >= 15 is 0 Å². The minimum atomic E-state index is -0.848. The van der Waals surface area contributed by atoms with Gasteiger partial charge < -0.3 is 20.3 Å². The van der Waals surface area contributed by atoms with Gasteiger partial charge in [0.25, 0.3) is 11.8 Å². The normalized spacial score (nSPS) is 15.0. The van der Waals surface area contributed by atoms with Crippen molar-refractivity contribution in [2.75, 3.05) is 26.7 Å². The van der Waals surface area contributed by atoms with Crippen molar-refractivity contribution in [1.82, 2.24) is 30.8 Å². The van der Waals surface area contributed by atoms with E-state index in [2.05, 4.69) is 35.3 Å². The van der Waals surface area contributed by atoms with Gasteiger partial charge in [-0.25, -0.2) is 9.61 Å². The molecule has 1 fully saturated rings. The third kappa shape index (κ3) is 5.62. The summed E-state index contributed by atoms with van der Waals surface area (Å²) in [6.45, 7) is 2.37. The van der Waals surface area contributed by atoms with Gasteiger partial charge in [-0.2, -0.15) is 0 Å². The van der Waals surface area contributed by atoms with Gasteiger partial charge in [0.05, 0.1) is 12.1 Å². The lowest BCUT2D eigenvalue weighted by atomic mass is 9.97. The van der Waals surface area contributed by atoms with E-state index in [1.54, 1.807) is 28.5 Å². The minimum absolute atomic E-state index is 0.0768. The molecule has 1 aliphatic heterocycles. The predicted octanol–water partition coefficient (Wildman–Crippen LogP) is 1.11. The highest BCUT2D eigenvalue weighted by Crippen LogP contribution is 2.31. The van der Waals surface area contributed by atoms with Crippen LogP contribution in [-0.4, -0.2) is 76.7 Å². The maximum atomic E-state index is 12.9. The minimum Gasteiger partial charge on any atom is -0.468 e. The fraction of sp³-hybridized carbons (Fsp3) is 0.409. The molecule has 1 saturated heterocycles. The number of hydrogen-bond acceptors (Lipinski definition) is 10. The van der Waals surface area contributed by atoms with Crippen molar-refractivity contribution in [2.45, 2.75) is 31.7 Å². The first-order valence-corrected chi connectivity index (χ1v) is 11.9. The third-order valence-corrected chi connectivity index (χ3v) is 6.77. The molecule has 0 saturated carbocycles. The second-order valence-corrected chi connectivity index (χ2v) is 8.98. The zero-order valence-electron chi connectivity index (χ0n) is 19.1. The molecule has 0 bridgehead atoms. The van der Waals surface area contributed by atoms with Gasteiger partial charge in [-0.15, -0.1) is 11.3 Å². The van der Waals surface area contributed by atoms with E-state index in [4.69, 9.17) is 0 Å². The first-order chi connectivity index (χ1) is 16.9. The highest BCUT2D eigenvalue weighted by molar-refractivity contribution is 7.09. The maximum Gasteiger partial charge on any atom is 0.325 e. The number of carbonyl (C=O) groups is 4.